The van der Waals surface area contributed by atoms with E-state index in [0.717, 1.165) is 52.1 Å². The number of unbranched alkanes of at least 4 members (excludes halogenated alkanes) is 3. The van der Waals surface area contributed by atoms with Crippen molar-refractivity contribution in [2.24, 2.45) is 5.92 Å². The summed E-state index contributed by atoms with van der Waals surface area (Å²) in [6, 6.07) is 0. The molecule has 0 radical (unpaired) electrons. The maximum Gasteiger partial charge on any atom is 0.309 e. The molecular weight excluding hydrogens is 242 g/mol. The van der Waals surface area contributed by atoms with E-state index in [1.54, 1.807) is 0 Å². The van der Waals surface area contributed by atoms with Gasteiger partial charge in [-0.3, -0.25) is 9.69 Å². The number of nitrogens with zero attached hydrogens (tertiary/aromatic N) is 1. The molecule has 0 aromatic rings. The number of carbonyl (C=O) groups excluding carboxylic acids is 1. The molecule has 2 aliphatic heterocycles. The second kappa shape index (κ2) is 7.85. The second-order valence-corrected chi connectivity index (χ2v) is 5.75. The maximum absolute atomic E-state index is 11.8. The van der Waals surface area contributed by atoms with Gasteiger partial charge in [-0.05, 0) is 12.8 Å². The minimum absolute atomic E-state index is 0.0368. The number of morpholine rings is 1. The van der Waals surface area contributed by atoms with Gasteiger partial charge in [-0.25, -0.2) is 0 Å². The van der Waals surface area contributed by atoms with Crippen LogP contribution >= 0.6 is 0 Å². The average Bonchev–Trinajstić information content (AvgIpc) is 2.76. The molecule has 0 amide bonds. The summed E-state index contributed by atoms with van der Waals surface area (Å²) < 4.78 is 10.8. The van der Waals surface area contributed by atoms with E-state index in [1.807, 2.05) is 0 Å². The van der Waals surface area contributed by atoms with Gasteiger partial charge < -0.3 is 9.47 Å². The standard InChI is InChI=1S/C15H27NO3/c1-2-3-4-5-6-13-11-14(19-15(13)17)12-16-7-9-18-10-8-16/h13-14H,2-12H2,1H3/t13-,14-/m0/s1. The molecule has 2 heterocycles. The van der Waals surface area contributed by atoms with Crippen LogP contribution in [0.1, 0.15) is 45.4 Å². The molecule has 0 aliphatic carbocycles. The molecule has 0 unspecified atom stereocenters. The van der Waals surface area contributed by atoms with Gasteiger partial charge in [-0.15, -0.1) is 0 Å². The summed E-state index contributed by atoms with van der Waals surface area (Å²) in [6.45, 7) is 6.65. The topological polar surface area (TPSA) is 38.8 Å². The Morgan fingerprint density at radius 2 is 2.00 bits per heavy atom. The number of esters is 1. The highest BCUT2D eigenvalue weighted by molar-refractivity contribution is 5.74. The van der Waals surface area contributed by atoms with Crippen molar-refractivity contribution in [2.75, 3.05) is 32.8 Å². The lowest BCUT2D eigenvalue weighted by Crippen LogP contribution is -2.40. The predicted octanol–water partition coefficient (Wildman–Crippen LogP) is 2.22. The number of rotatable bonds is 7. The summed E-state index contributed by atoms with van der Waals surface area (Å²) in [6.07, 6.45) is 6.97. The zero-order valence-corrected chi connectivity index (χ0v) is 12.1. The first-order valence-corrected chi connectivity index (χ1v) is 7.80. The highest BCUT2D eigenvalue weighted by Gasteiger charge is 2.34. The lowest BCUT2D eigenvalue weighted by Gasteiger charge is -2.28. The van der Waals surface area contributed by atoms with E-state index in [0.29, 0.717) is 0 Å². The highest BCUT2D eigenvalue weighted by atomic mass is 16.6. The van der Waals surface area contributed by atoms with Crippen molar-refractivity contribution in [3.63, 3.8) is 0 Å². The first-order valence-electron chi connectivity index (χ1n) is 7.80. The molecule has 2 fully saturated rings. The number of hydrogen-bond donors (Lipinski definition) is 0. The van der Waals surface area contributed by atoms with Gasteiger partial charge in [0.05, 0.1) is 19.1 Å². The lowest BCUT2D eigenvalue weighted by molar-refractivity contribution is -0.145. The molecule has 0 bridgehead atoms. The SMILES string of the molecule is CCCCCC[C@H]1C[C@@H](CN2CCOCC2)OC1=O. The van der Waals surface area contributed by atoms with Gasteiger partial charge in [0.2, 0.25) is 0 Å². The highest BCUT2D eigenvalue weighted by Crippen LogP contribution is 2.27. The van der Waals surface area contributed by atoms with Crippen LogP contribution in [0, 0.1) is 5.92 Å². The molecule has 19 heavy (non-hydrogen) atoms. The fraction of sp³-hybridized carbons (Fsp3) is 0.933. The second-order valence-electron chi connectivity index (χ2n) is 5.75. The molecule has 110 valence electrons. The van der Waals surface area contributed by atoms with Crippen molar-refractivity contribution in [3.05, 3.63) is 0 Å². The molecule has 0 aromatic heterocycles. The number of hydrogen-bond acceptors (Lipinski definition) is 4. The van der Waals surface area contributed by atoms with Gasteiger partial charge in [-0.2, -0.15) is 0 Å². The van der Waals surface area contributed by atoms with Crippen LogP contribution in [0.25, 0.3) is 0 Å². The average molecular weight is 269 g/mol. The third kappa shape index (κ3) is 4.77. The Morgan fingerprint density at radius 1 is 1.21 bits per heavy atom. The number of cyclic esters (lactones) is 1. The van der Waals surface area contributed by atoms with Crippen LogP contribution < -0.4 is 0 Å². The molecular formula is C15H27NO3. The van der Waals surface area contributed by atoms with Crippen molar-refractivity contribution in [2.45, 2.75) is 51.6 Å². The smallest absolute Gasteiger partial charge is 0.309 e. The lowest BCUT2D eigenvalue weighted by atomic mass is 9.97. The first kappa shape index (κ1) is 14.8. The molecule has 0 N–H and O–H groups in total. The van der Waals surface area contributed by atoms with Crippen molar-refractivity contribution >= 4 is 5.97 Å². The zero-order valence-electron chi connectivity index (χ0n) is 12.1. The Kier molecular flexibility index (Phi) is 6.11. The number of ether oxygens (including phenoxy) is 2. The van der Waals surface area contributed by atoms with Gasteiger partial charge in [0.15, 0.2) is 0 Å². The molecule has 0 saturated carbocycles. The normalized spacial score (nSPS) is 28.6. The van der Waals surface area contributed by atoms with Gasteiger partial charge in [0, 0.05) is 19.6 Å². The van der Waals surface area contributed by atoms with Crippen LogP contribution in [0.5, 0.6) is 0 Å². The van der Waals surface area contributed by atoms with Gasteiger partial charge in [0.25, 0.3) is 0 Å². The summed E-state index contributed by atoms with van der Waals surface area (Å²) in [4.78, 5) is 14.2. The van der Waals surface area contributed by atoms with Crippen LogP contribution in [0.2, 0.25) is 0 Å². The maximum atomic E-state index is 11.8. The monoisotopic (exact) mass is 269 g/mol. The predicted molar refractivity (Wildman–Crippen MR) is 74.0 cm³/mol. The summed E-state index contributed by atoms with van der Waals surface area (Å²) >= 11 is 0. The van der Waals surface area contributed by atoms with E-state index in [2.05, 4.69) is 11.8 Å². The van der Waals surface area contributed by atoms with Crippen molar-refractivity contribution in [1.29, 1.82) is 0 Å². The molecule has 4 heteroatoms. The van der Waals surface area contributed by atoms with E-state index in [-0.39, 0.29) is 18.0 Å². The van der Waals surface area contributed by atoms with E-state index in [9.17, 15) is 4.79 Å². The molecule has 2 atom stereocenters. The van der Waals surface area contributed by atoms with Gasteiger partial charge in [0.1, 0.15) is 6.10 Å². The Morgan fingerprint density at radius 3 is 2.74 bits per heavy atom. The molecule has 0 spiro atoms. The van der Waals surface area contributed by atoms with E-state index >= 15 is 0 Å². The van der Waals surface area contributed by atoms with Crippen LogP contribution in [0.3, 0.4) is 0 Å². The van der Waals surface area contributed by atoms with Crippen LogP contribution in [0.4, 0.5) is 0 Å². The summed E-state index contributed by atoms with van der Waals surface area (Å²) in [5.41, 5.74) is 0. The summed E-state index contributed by atoms with van der Waals surface area (Å²) in [7, 11) is 0. The largest absolute Gasteiger partial charge is 0.461 e. The Bertz CT molecular complexity index is 277. The van der Waals surface area contributed by atoms with Crippen molar-refractivity contribution in [3.8, 4) is 0 Å². The molecule has 4 nitrogen and oxygen atoms in total. The summed E-state index contributed by atoms with van der Waals surface area (Å²) in [5.74, 6) is 0.192. The molecule has 2 rings (SSSR count). The zero-order chi connectivity index (χ0) is 13.5. The Hall–Kier alpha value is -0.610. The third-order valence-electron chi connectivity index (χ3n) is 4.14. The van der Waals surface area contributed by atoms with Gasteiger partial charge >= 0.3 is 5.97 Å². The fourth-order valence-electron chi connectivity index (χ4n) is 2.96. The molecule has 2 saturated heterocycles. The van der Waals surface area contributed by atoms with Crippen LogP contribution in [0.15, 0.2) is 0 Å². The molecule has 0 aromatic carbocycles. The summed E-state index contributed by atoms with van der Waals surface area (Å²) in [5, 5.41) is 0. The van der Waals surface area contributed by atoms with Crippen LogP contribution in [-0.4, -0.2) is 49.8 Å². The van der Waals surface area contributed by atoms with E-state index < -0.39 is 0 Å². The number of carbonyl (C=O) groups is 1. The van der Waals surface area contributed by atoms with E-state index in [4.69, 9.17) is 9.47 Å². The van der Waals surface area contributed by atoms with Gasteiger partial charge in [-0.1, -0.05) is 32.6 Å². The Balaban J connectivity index is 1.66. The quantitative estimate of drug-likeness (QED) is 0.525. The first-order chi connectivity index (χ1) is 9.29. The Labute approximate surface area is 116 Å². The van der Waals surface area contributed by atoms with Crippen molar-refractivity contribution in [1.82, 2.24) is 4.90 Å². The minimum atomic E-state index is 0.0368. The fourth-order valence-corrected chi connectivity index (χ4v) is 2.96. The van der Waals surface area contributed by atoms with Crippen molar-refractivity contribution < 1.29 is 14.3 Å². The van der Waals surface area contributed by atoms with E-state index in [1.165, 1.54) is 19.3 Å². The van der Waals surface area contributed by atoms with Crippen LogP contribution in [-0.2, 0) is 14.3 Å². The minimum Gasteiger partial charge on any atom is -0.461 e. The third-order valence-corrected chi connectivity index (χ3v) is 4.14. The molecule has 2 aliphatic rings.